The monoisotopic (exact) mass is 164 g/mol. The summed E-state index contributed by atoms with van der Waals surface area (Å²) in [7, 11) is 1.35. The van der Waals surface area contributed by atoms with Crippen LogP contribution >= 0.6 is 0 Å². The lowest BCUT2D eigenvalue weighted by Gasteiger charge is -1.80. The zero-order chi connectivity index (χ0) is 8.99. The fourth-order valence-electron chi connectivity index (χ4n) is 0. The Labute approximate surface area is 69.7 Å². The molecular weight excluding hydrogens is 144 g/mol. The SMILES string of the molecule is C.CC.CC=O.COC(C)=O. The molecule has 3 nitrogen and oxygen atoms in total. The molecule has 0 aliphatic carbocycles. The maximum Gasteiger partial charge on any atom is 0.302 e. The second-order valence-electron chi connectivity index (χ2n) is 0.931. The number of aldehydes is 1. The molecule has 0 unspecified atom stereocenters. The Balaban J connectivity index is -0.0000000360. The minimum absolute atomic E-state index is 0. The van der Waals surface area contributed by atoms with E-state index in [1.807, 2.05) is 13.8 Å². The Bertz CT molecular complexity index is 69.7. The van der Waals surface area contributed by atoms with Gasteiger partial charge in [-0.15, -0.1) is 0 Å². The first-order chi connectivity index (χ1) is 4.68. The van der Waals surface area contributed by atoms with Crippen LogP contribution < -0.4 is 0 Å². The third-order valence-corrected chi connectivity index (χ3v) is 0.287. The predicted molar refractivity (Wildman–Crippen MR) is 47.5 cm³/mol. The van der Waals surface area contributed by atoms with Gasteiger partial charge in [-0.2, -0.15) is 0 Å². The molecule has 0 saturated carbocycles. The first-order valence-electron chi connectivity index (χ1n) is 3.13. The Morgan fingerprint density at radius 1 is 1.36 bits per heavy atom. The van der Waals surface area contributed by atoms with E-state index in [9.17, 15) is 4.79 Å². The van der Waals surface area contributed by atoms with Gasteiger partial charge in [0.05, 0.1) is 7.11 Å². The topological polar surface area (TPSA) is 43.4 Å². The first-order valence-corrected chi connectivity index (χ1v) is 3.13. The molecule has 0 saturated heterocycles. The zero-order valence-electron chi connectivity index (χ0n) is 7.30. The Hall–Kier alpha value is -0.860. The fraction of sp³-hybridized carbons (Fsp3) is 0.750. The highest BCUT2D eigenvalue weighted by Gasteiger charge is 1.75. The van der Waals surface area contributed by atoms with Gasteiger partial charge in [0.25, 0.3) is 0 Å². The summed E-state index contributed by atoms with van der Waals surface area (Å²) in [5.41, 5.74) is 0. The predicted octanol–water partition coefficient (Wildman–Crippen LogP) is 2.05. The summed E-state index contributed by atoms with van der Waals surface area (Å²) in [6.07, 6.45) is 0.750. The molecule has 0 radical (unpaired) electrons. The number of carbonyl (C=O) groups excluding carboxylic acids is 2. The summed E-state index contributed by atoms with van der Waals surface area (Å²) in [5, 5.41) is 0. The fourth-order valence-corrected chi connectivity index (χ4v) is 0. The third-order valence-electron chi connectivity index (χ3n) is 0.287. The third kappa shape index (κ3) is 359. The molecule has 0 aliphatic heterocycles. The summed E-state index contributed by atoms with van der Waals surface area (Å²) >= 11 is 0. The highest BCUT2D eigenvalue weighted by Crippen LogP contribution is 1.60. The van der Waals surface area contributed by atoms with Gasteiger partial charge >= 0.3 is 5.97 Å². The number of carbonyl (C=O) groups is 2. The first kappa shape index (κ1) is 22.5. The minimum atomic E-state index is -0.245. The van der Waals surface area contributed by atoms with Crippen molar-refractivity contribution in [1.82, 2.24) is 0 Å². The second-order valence-corrected chi connectivity index (χ2v) is 0.931. The van der Waals surface area contributed by atoms with Crippen molar-refractivity contribution in [2.24, 2.45) is 0 Å². The molecule has 0 aliphatic rings. The summed E-state index contributed by atoms with van der Waals surface area (Å²) in [6.45, 7) is 6.81. The summed E-state index contributed by atoms with van der Waals surface area (Å²) in [4.78, 5) is 18.4. The average molecular weight is 164 g/mol. The van der Waals surface area contributed by atoms with Crippen LogP contribution in [0.25, 0.3) is 0 Å². The molecule has 0 fully saturated rings. The van der Waals surface area contributed by atoms with Crippen molar-refractivity contribution in [3.05, 3.63) is 0 Å². The Morgan fingerprint density at radius 3 is 1.45 bits per heavy atom. The van der Waals surface area contributed by atoms with Crippen molar-refractivity contribution >= 4 is 12.3 Å². The van der Waals surface area contributed by atoms with Gasteiger partial charge in [0, 0.05) is 6.92 Å². The molecule has 0 spiro atoms. The van der Waals surface area contributed by atoms with Crippen LogP contribution in [0.4, 0.5) is 0 Å². The molecule has 0 aromatic heterocycles. The van der Waals surface area contributed by atoms with E-state index < -0.39 is 0 Å². The van der Waals surface area contributed by atoms with Gasteiger partial charge in [-0.25, -0.2) is 0 Å². The number of hydrogen-bond donors (Lipinski definition) is 0. The number of ether oxygens (including phenoxy) is 1. The van der Waals surface area contributed by atoms with Crippen LogP contribution in [0.3, 0.4) is 0 Å². The second kappa shape index (κ2) is 35.3. The molecule has 0 atom stereocenters. The van der Waals surface area contributed by atoms with Crippen LogP contribution in [0.1, 0.15) is 35.1 Å². The smallest absolute Gasteiger partial charge is 0.302 e. The van der Waals surface area contributed by atoms with Gasteiger partial charge in [0.2, 0.25) is 0 Å². The largest absolute Gasteiger partial charge is 0.469 e. The van der Waals surface area contributed by atoms with Gasteiger partial charge in [0.1, 0.15) is 6.29 Å². The van der Waals surface area contributed by atoms with Crippen molar-refractivity contribution in [3.63, 3.8) is 0 Å². The highest BCUT2D eigenvalue weighted by molar-refractivity contribution is 5.65. The quantitative estimate of drug-likeness (QED) is 0.406. The molecule has 0 aromatic carbocycles. The van der Waals surface area contributed by atoms with Crippen LogP contribution in [0.5, 0.6) is 0 Å². The van der Waals surface area contributed by atoms with E-state index in [0.29, 0.717) is 0 Å². The summed E-state index contributed by atoms with van der Waals surface area (Å²) in [6, 6.07) is 0. The van der Waals surface area contributed by atoms with Gasteiger partial charge < -0.3 is 9.53 Å². The lowest BCUT2D eigenvalue weighted by Crippen LogP contribution is -1.88. The van der Waals surface area contributed by atoms with E-state index in [2.05, 4.69) is 4.74 Å². The van der Waals surface area contributed by atoms with E-state index in [4.69, 9.17) is 4.79 Å². The lowest BCUT2D eigenvalue weighted by molar-refractivity contribution is -0.137. The van der Waals surface area contributed by atoms with E-state index in [0.717, 1.165) is 6.29 Å². The standard InChI is InChI=1S/C3H6O2.C2H4O.C2H6.CH4/c1-3(4)5-2;1-2-3;1-2;/h1-2H3;2H,1H3;1-2H3;1H4. The molecule has 0 N–H and O–H groups in total. The van der Waals surface area contributed by atoms with Gasteiger partial charge in [-0.1, -0.05) is 21.3 Å². The maximum absolute atomic E-state index is 9.59. The number of esters is 1. The van der Waals surface area contributed by atoms with E-state index >= 15 is 0 Å². The zero-order valence-corrected chi connectivity index (χ0v) is 7.30. The number of hydrogen-bond acceptors (Lipinski definition) is 3. The van der Waals surface area contributed by atoms with Gasteiger partial charge in [0.15, 0.2) is 0 Å². The van der Waals surface area contributed by atoms with Crippen LogP contribution in [0.2, 0.25) is 0 Å². The van der Waals surface area contributed by atoms with Crippen molar-refractivity contribution in [3.8, 4) is 0 Å². The van der Waals surface area contributed by atoms with Crippen LogP contribution in [0, 0.1) is 0 Å². The molecule has 3 heteroatoms. The average Bonchev–Trinajstić information content (AvgIpc) is 1.94. The van der Waals surface area contributed by atoms with Crippen LogP contribution in [-0.2, 0) is 14.3 Å². The van der Waals surface area contributed by atoms with E-state index in [1.165, 1.54) is 21.0 Å². The molecule has 11 heavy (non-hydrogen) atoms. The Morgan fingerprint density at radius 2 is 1.45 bits per heavy atom. The molecule has 0 amide bonds. The molecule has 0 bridgehead atoms. The van der Waals surface area contributed by atoms with Crippen molar-refractivity contribution in [2.75, 3.05) is 7.11 Å². The lowest BCUT2D eigenvalue weighted by atomic mass is 10.8. The Kier molecular flexibility index (Phi) is 72.2. The van der Waals surface area contributed by atoms with Crippen molar-refractivity contribution in [1.29, 1.82) is 0 Å². The van der Waals surface area contributed by atoms with Gasteiger partial charge in [-0.05, 0) is 6.92 Å². The molecular formula is C8H20O3. The summed E-state index contributed by atoms with van der Waals surface area (Å²) < 4.78 is 4.11. The normalized spacial score (nSPS) is 4.82. The molecule has 70 valence electrons. The van der Waals surface area contributed by atoms with E-state index in [1.54, 1.807) is 0 Å². The highest BCUT2D eigenvalue weighted by atomic mass is 16.5. The number of methoxy groups -OCH3 is 1. The number of rotatable bonds is 0. The van der Waals surface area contributed by atoms with Crippen molar-refractivity contribution in [2.45, 2.75) is 35.1 Å². The van der Waals surface area contributed by atoms with Crippen LogP contribution in [-0.4, -0.2) is 19.4 Å². The van der Waals surface area contributed by atoms with Crippen molar-refractivity contribution < 1.29 is 14.3 Å². The molecule has 0 rings (SSSR count). The maximum atomic E-state index is 9.59. The minimum Gasteiger partial charge on any atom is -0.469 e. The van der Waals surface area contributed by atoms with Gasteiger partial charge in [-0.3, -0.25) is 4.79 Å². The van der Waals surface area contributed by atoms with Crippen LogP contribution in [0.15, 0.2) is 0 Å². The van der Waals surface area contributed by atoms with E-state index in [-0.39, 0.29) is 13.4 Å². The summed E-state index contributed by atoms with van der Waals surface area (Å²) in [5.74, 6) is -0.245. The molecule has 0 aromatic rings. The molecule has 0 heterocycles.